The summed E-state index contributed by atoms with van der Waals surface area (Å²) in [7, 11) is 0. The van der Waals surface area contributed by atoms with E-state index in [1.165, 1.54) is 6.08 Å². The molecular formula is C5H9Mo-. The molecule has 0 aromatic heterocycles. The van der Waals surface area contributed by atoms with E-state index in [2.05, 4.69) is 0 Å². The van der Waals surface area contributed by atoms with Crippen molar-refractivity contribution in [3.63, 3.8) is 0 Å². The standard InChI is InChI=1S/C5H7.Mo.2H/c1-3-5-4-2;;;/h1,3-5H,2H3;;;/q-1;;;. The Bertz CT molecular complexity index is 45.9. The van der Waals surface area contributed by atoms with E-state index in [0.717, 1.165) is 0 Å². The molecule has 0 nitrogen and oxygen atoms in total. The molecule has 0 amide bonds. The predicted molar refractivity (Wildman–Crippen MR) is 26.5 cm³/mol. The van der Waals surface area contributed by atoms with Gasteiger partial charge in [-0.05, 0) is 0 Å². The molecule has 0 aliphatic heterocycles. The monoisotopic (exact) mass is 167 g/mol. The molecule has 0 aromatic rings. The second kappa shape index (κ2) is 8.95. The Labute approximate surface area is 53.2 Å². The summed E-state index contributed by atoms with van der Waals surface area (Å²) in [6.45, 7) is 6.85. The first-order valence-corrected chi connectivity index (χ1v) is 1.58. The summed E-state index contributed by atoms with van der Waals surface area (Å²) in [6.07, 6.45) is 5.15. The van der Waals surface area contributed by atoms with Crippen LogP contribution in [0.2, 0.25) is 0 Å². The maximum absolute atomic E-state index is 4.93. The van der Waals surface area contributed by atoms with Crippen LogP contribution in [0.15, 0.2) is 18.2 Å². The first-order valence-electron chi connectivity index (χ1n) is 1.58. The molecule has 0 rings (SSSR count). The number of hydrogen-bond donors (Lipinski definition) is 0. The van der Waals surface area contributed by atoms with Crippen LogP contribution in [0.3, 0.4) is 0 Å². The molecule has 0 radical (unpaired) electrons. The Morgan fingerprint density at radius 1 is 1.50 bits per heavy atom. The molecular weight excluding hydrogens is 156 g/mol. The molecule has 0 saturated carbocycles. The Morgan fingerprint density at radius 3 is 2.00 bits per heavy atom. The van der Waals surface area contributed by atoms with Gasteiger partial charge in [0.2, 0.25) is 0 Å². The van der Waals surface area contributed by atoms with Crippen LogP contribution < -0.4 is 0 Å². The van der Waals surface area contributed by atoms with Crippen molar-refractivity contribution < 1.29 is 21.1 Å². The first kappa shape index (κ1) is 9.48. The van der Waals surface area contributed by atoms with Gasteiger partial charge in [-0.15, -0.1) is 0 Å². The van der Waals surface area contributed by atoms with Crippen LogP contribution in [0, 0.1) is 6.58 Å². The summed E-state index contributed by atoms with van der Waals surface area (Å²) in [5, 5.41) is 0. The zero-order valence-electron chi connectivity index (χ0n) is 3.81. The fourth-order valence-electron chi connectivity index (χ4n) is 0.111. The fourth-order valence-corrected chi connectivity index (χ4v) is 0.111. The summed E-state index contributed by atoms with van der Waals surface area (Å²) in [6, 6.07) is 0. The molecule has 1 heteroatoms. The first-order chi connectivity index (χ1) is 2.41. The molecule has 0 spiro atoms. The maximum atomic E-state index is 4.93. The normalized spacial score (nSPS) is 7.50. The minimum atomic E-state index is 0. The predicted octanol–water partition coefficient (Wildman–Crippen LogP) is 1.01. The van der Waals surface area contributed by atoms with Gasteiger partial charge in [-0.3, -0.25) is 6.58 Å². The van der Waals surface area contributed by atoms with Crippen LogP contribution in [0.1, 0.15) is 6.92 Å². The molecule has 36 valence electrons. The molecule has 0 aliphatic carbocycles. The Hall–Kier alpha value is 0.168. The van der Waals surface area contributed by atoms with Crippen molar-refractivity contribution in [2.24, 2.45) is 0 Å². The SMILES string of the molecule is [CH-]=CC=CC.[MoH2]. The van der Waals surface area contributed by atoms with Gasteiger partial charge in [0, 0.05) is 0 Å². The van der Waals surface area contributed by atoms with Gasteiger partial charge in [0.15, 0.2) is 0 Å². The topological polar surface area (TPSA) is 0 Å². The summed E-state index contributed by atoms with van der Waals surface area (Å²) < 4.78 is 0. The minimum absolute atomic E-state index is 0. The summed E-state index contributed by atoms with van der Waals surface area (Å²) in [5.74, 6) is 0. The molecule has 0 bridgehead atoms. The molecule has 0 aliphatic rings. The molecule has 0 fully saturated rings. The Morgan fingerprint density at radius 2 is 2.00 bits per heavy atom. The van der Waals surface area contributed by atoms with E-state index >= 15 is 0 Å². The third-order valence-electron chi connectivity index (χ3n) is 0.304. The number of hydrogen-bond acceptors (Lipinski definition) is 0. The average Bonchev–Trinajstić information content (AvgIpc) is 1.41. The van der Waals surface area contributed by atoms with Crippen LogP contribution in [0.5, 0.6) is 0 Å². The van der Waals surface area contributed by atoms with Crippen molar-refractivity contribution in [1.29, 1.82) is 0 Å². The number of rotatable bonds is 1. The quantitative estimate of drug-likeness (QED) is 0.309. The van der Waals surface area contributed by atoms with Crippen molar-refractivity contribution in [3.05, 3.63) is 24.8 Å². The van der Waals surface area contributed by atoms with Crippen molar-refractivity contribution >= 4 is 0 Å². The van der Waals surface area contributed by atoms with Crippen LogP contribution in [-0.2, 0) is 21.1 Å². The van der Waals surface area contributed by atoms with Crippen molar-refractivity contribution in [3.8, 4) is 0 Å². The van der Waals surface area contributed by atoms with Gasteiger partial charge < -0.3 is 0 Å². The van der Waals surface area contributed by atoms with Crippen LogP contribution >= 0.6 is 0 Å². The van der Waals surface area contributed by atoms with Crippen LogP contribution in [0.4, 0.5) is 0 Å². The van der Waals surface area contributed by atoms with Crippen LogP contribution in [-0.4, -0.2) is 0 Å². The molecule has 0 heterocycles. The van der Waals surface area contributed by atoms with Crippen molar-refractivity contribution in [2.75, 3.05) is 0 Å². The van der Waals surface area contributed by atoms with Gasteiger partial charge in [0.1, 0.15) is 0 Å². The molecule has 0 saturated heterocycles. The summed E-state index contributed by atoms with van der Waals surface area (Å²) >= 11 is 0. The third kappa shape index (κ3) is 8.90. The number of allylic oxidation sites excluding steroid dienone is 3. The third-order valence-corrected chi connectivity index (χ3v) is 0.304. The Kier molecular flexibility index (Phi) is 14.1. The van der Waals surface area contributed by atoms with Gasteiger partial charge in [0.25, 0.3) is 0 Å². The molecule has 0 aromatic carbocycles. The second-order valence-corrected chi connectivity index (χ2v) is 0.718. The van der Waals surface area contributed by atoms with E-state index < -0.39 is 0 Å². The molecule has 6 heavy (non-hydrogen) atoms. The zero-order valence-corrected chi connectivity index (χ0v) is 6.27. The van der Waals surface area contributed by atoms with Gasteiger partial charge in [-0.25, -0.2) is 12.2 Å². The van der Waals surface area contributed by atoms with E-state index in [9.17, 15) is 0 Å². The molecule has 0 atom stereocenters. The van der Waals surface area contributed by atoms with Gasteiger partial charge in [-0.1, -0.05) is 6.92 Å². The van der Waals surface area contributed by atoms with Crippen molar-refractivity contribution in [2.45, 2.75) is 6.92 Å². The van der Waals surface area contributed by atoms with Crippen molar-refractivity contribution in [1.82, 2.24) is 0 Å². The fraction of sp³-hybridized carbons (Fsp3) is 0.200. The second-order valence-electron chi connectivity index (χ2n) is 0.718. The van der Waals surface area contributed by atoms with E-state index in [-0.39, 0.29) is 21.1 Å². The Balaban J connectivity index is 0. The van der Waals surface area contributed by atoms with Gasteiger partial charge >= 0.3 is 21.1 Å². The van der Waals surface area contributed by atoms with E-state index in [1.54, 1.807) is 6.08 Å². The molecule has 0 unspecified atom stereocenters. The average molecular weight is 165 g/mol. The summed E-state index contributed by atoms with van der Waals surface area (Å²) in [5.41, 5.74) is 0. The summed E-state index contributed by atoms with van der Waals surface area (Å²) in [4.78, 5) is 0. The zero-order chi connectivity index (χ0) is 4.12. The van der Waals surface area contributed by atoms with Gasteiger partial charge in [-0.2, -0.15) is 6.08 Å². The van der Waals surface area contributed by atoms with E-state index in [4.69, 9.17) is 6.58 Å². The van der Waals surface area contributed by atoms with E-state index in [1.807, 2.05) is 13.0 Å². The van der Waals surface area contributed by atoms with Crippen LogP contribution in [0.25, 0.3) is 0 Å². The molecule has 0 N–H and O–H groups in total. The van der Waals surface area contributed by atoms with E-state index in [0.29, 0.717) is 0 Å². The van der Waals surface area contributed by atoms with Gasteiger partial charge in [0.05, 0.1) is 0 Å².